The van der Waals surface area contributed by atoms with E-state index in [2.05, 4.69) is 0 Å². The first-order chi connectivity index (χ1) is 11.0. The van der Waals surface area contributed by atoms with Crippen molar-refractivity contribution in [3.05, 3.63) is 23.8 Å². The highest BCUT2D eigenvalue weighted by atomic mass is 16.7. The number of carbonyl (C=O) groups is 2. The van der Waals surface area contributed by atoms with Gasteiger partial charge in [-0.2, -0.15) is 0 Å². The number of ether oxygens (including phenoxy) is 2. The van der Waals surface area contributed by atoms with E-state index in [1.807, 2.05) is 32.0 Å². The van der Waals surface area contributed by atoms with Gasteiger partial charge in [0.1, 0.15) is 0 Å². The molecule has 2 amide bonds. The van der Waals surface area contributed by atoms with Gasteiger partial charge in [0.25, 0.3) is 0 Å². The third kappa shape index (κ3) is 4.37. The SMILES string of the molecule is CCN(CC)C(=O)CN(C)C(=O)CCc1ccc2c(c1)OCO2. The largest absolute Gasteiger partial charge is 0.454 e. The molecular weight excluding hydrogens is 296 g/mol. The summed E-state index contributed by atoms with van der Waals surface area (Å²) in [5.74, 6) is 1.40. The van der Waals surface area contributed by atoms with Crippen LogP contribution in [-0.2, 0) is 16.0 Å². The van der Waals surface area contributed by atoms with Crippen LogP contribution in [0.2, 0.25) is 0 Å². The normalized spacial score (nSPS) is 12.1. The number of rotatable bonds is 7. The summed E-state index contributed by atoms with van der Waals surface area (Å²) in [7, 11) is 1.67. The maximum atomic E-state index is 12.2. The minimum absolute atomic E-state index is 0.0195. The molecule has 2 rings (SSSR count). The third-order valence-corrected chi connectivity index (χ3v) is 3.98. The van der Waals surface area contributed by atoms with Gasteiger partial charge in [-0.15, -0.1) is 0 Å². The molecule has 0 radical (unpaired) electrons. The quantitative estimate of drug-likeness (QED) is 0.767. The Kier molecular flexibility index (Phi) is 5.84. The van der Waals surface area contributed by atoms with E-state index < -0.39 is 0 Å². The molecule has 0 saturated carbocycles. The molecule has 126 valence electrons. The van der Waals surface area contributed by atoms with Gasteiger partial charge in [0.2, 0.25) is 18.6 Å². The second-order valence-corrected chi connectivity index (χ2v) is 5.50. The molecule has 6 nitrogen and oxygen atoms in total. The summed E-state index contributed by atoms with van der Waals surface area (Å²) in [6.07, 6.45) is 0.973. The molecule has 0 aromatic heterocycles. The van der Waals surface area contributed by atoms with Gasteiger partial charge in [-0.05, 0) is 38.0 Å². The molecule has 0 bridgehead atoms. The van der Waals surface area contributed by atoms with Crippen molar-refractivity contribution in [2.75, 3.05) is 33.5 Å². The summed E-state index contributed by atoms with van der Waals surface area (Å²) >= 11 is 0. The molecule has 1 aromatic rings. The van der Waals surface area contributed by atoms with Gasteiger partial charge >= 0.3 is 0 Å². The van der Waals surface area contributed by atoms with Crippen LogP contribution in [0.15, 0.2) is 18.2 Å². The van der Waals surface area contributed by atoms with E-state index in [1.165, 1.54) is 4.90 Å². The topological polar surface area (TPSA) is 59.1 Å². The molecule has 1 aromatic carbocycles. The third-order valence-electron chi connectivity index (χ3n) is 3.98. The van der Waals surface area contributed by atoms with Crippen LogP contribution < -0.4 is 9.47 Å². The number of hydrogen-bond acceptors (Lipinski definition) is 4. The van der Waals surface area contributed by atoms with Crippen molar-refractivity contribution in [1.82, 2.24) is 9.80 Å². The van der Waals surface area contributed by atoms with Crippen molar-refractivity contribution in [2.24, 2.45) is 0 Å². The average Bonchev–Trinajstić information content (AvgIpc) is 3.01. The van der Waals surface area contributed by atoms with Gasteiger partial charge in [0, 0.05) is 26.6 Å². The fraction of sp³-hybridized carbons (Fsp3) is 0.529. The maximum absolute atomic E-state index is 12.2. The van der Waals surface area contributed by atoms with Crippen LogP contribution >= 0.6 is 0 Å². The van der Waals surface area contributed by atoms with Crippen molar-refractivity contribution in [3.63, 3.8) is 0 Å². The molecule has 0 unspecified atom stereocenters. The van der Waals surface area contributed by atoms with E-state index >= 15 is 0 Å². The monoisotopic (exact) mass is 320 g/mol. The van der Waals surface area contributed by atoms with Crippen molar-refractivity contribution >= 4 is 11.8 Å². The molecule has 0 aliphatic carbocycles. The first kappa shape index (κ1) is 17.1. The van der Waals surface area contributed by atoms with E-state index in [-0.39, 0.29) is 25.2 Å². The number of nitrogens with zero attached hydrogens (tertiary/aromatic N) is 2. The Morgan fingerprint density at radius 1 is 1.09 bits per heavy atom. The average molecular weight is 320 g/mol. The van der Waals surface area contributed by atoms with Gasteiger partial charge in [-0.1, -0.05) is 6.07 Å². The van der Waals surface area contributed by atoms with E-state index in [0.29, 0.717) is 25.9 Å². The Bertz CT molecular complexity index is 570. The molecule has 6 heteroatoms. The highest BCUT2D eigenvalue weighted by Gasteiger charge is 2.17. The van der Waals surface area contributed by atoms with Gasteiger partial charge in [0.15, 0.2) is 11.5 Å². The van der Waals surface area contributed by atoms with Crippen LogP contribution in [0.4, 0.5) is 0 Å². The lowest BCUT2D eigenvalue weighted by Gasteiger charge is -2.23. The Balaban J connectivity index is 1.83. The molecule has 0 fully saturated rings. The first-order valence-electron chi connectivity index (χ1n) is 7.95. The van der Waals surface area contributed by atoms with Gasteiger partial charge in [0.05, 0.1) is 6.54 Å². The molecule has 23 heavy (non-hydrogen) atoms. The number of benzene rings is 1. The molecule has 0 atom stereocenters. The fourth-order valence-corrected chi connectivity index (χ4v) is 2.51. The summed E-state index contributed by atoms with van der Waals surface area (Å²) < 4.78 is 10.6. The Morgan fingerprint density at radius 3 is 2.48 bits per heavy atom. The fourth-order valence-electron chi connectivity index (χ4n) is 2.51. The highest BCUT2D eigenvalue weighted by Crippen LogP contribution is 2.32. The van der Waals surface area contributed by atoms with Crippen LogP contribution in [0.3, 0.4) is 0 Å². The zero-order valence-electron chi connectivity index (χ0n) is 14.0. The molecule has 1 heterocycles. The molecular formula is C17H24N2O4. The second-order valence-electron chi connectivity index (χ2n) is 5.50. The summed E-state index contributed by atoms with van der Waals surface area (Å²) in [6.45, 7) is 5.56. The standard InChI is InChI=1S/C17H24N2O4/c1-4-19(5-2)17(21)11-18(3)16(20)9-7-13-6-8-14-15(10-13)23-12-22-14/h6,8,10H,4-5,7,9,11-12H2,1-3H3. The van der Waals surface area contributed by atoms with Crippen LogP contribution in [0.25, 0.3) is 0 Å². The van der Waals surface area contributed by atoms with E-state index in [4.69, 9.17) is 9.47 Å². The lowest BCUT2D eigenvalue weighted by Crippen LogP contribution is -2.41. The zero-order chi connectivity index (χ0) is 16.8. The van der Waals surface area contributed by atoms with Crippen molar-refractivity contribution in [2.45, 2.75) is 26.7 Å². The van der Waals surface area contributed by atoms with E-state index in [1.54, 1.807) is 11.9 Å². The number of hydrogen-bond donors (Lipinski definition) is 0. The van der Waals surface area contributed by atoms with E-state index in [0.717, 1.165) is 17.1 Å². The molecule has 1 aliphatic heterocycles. The van der Waals surface area contributed by atoms with Crippen LogP contribution in [0, 0.1) is 0 Å². The van der Waals surface area contributed by atoms with Crippen LogP contribution in [0.5, 0.6) is 11.5 Å². The molecule has 0 spiro atoms. The molecule has 0 saturated heterocycles. The van der Waals surface area contributed by atoms with E-state index in [9.17, 15) is 9.59 Å². The Hall–Kier alpha value is -2.24. The summed E-state index contributed by atoms with van der Waals surface area (Å²) in [5, 5.41) is 0. The molecule has 1 aliphatic rings. The van der Waals surface area contributed by atoms with Gasteiger partial charge < -0.3 is 19.3 Å². The van der Waals surface area contributed by atoms with Crippen LogP contribution in [0.1, 0.15) is 25.8 Å². The smallest absolute Gasteiger partial charge is 0.242 e. The zero-order valence-corrected chi connectivity index (χ0v) is 14.0. The predicted molar refractivity (Wildman–Crippen MR) is 86.5 cm³/mol. The maximum Gasteiger partial charge on any atom is 0.242 e. The number of aryl methyl sites for hydroxylation is 1. The Labute approximate surface area is 137 Å². The predicted octanol–water partition coefficient (Wildman–Crippen LogP) is 1.67. The summed E-state index contributed by atoms with van der Waals surface area (Å²) in [4.78, 5) is 27.4. The second kappa shape index (κ2) is 7.85. The van der Waals surface area contributed by atoms with Crippen molar-refractivity contribution in [3.8, 4) is 11.5 Å². The lowest BCUT2D eigenvalue weighted by molar-refractivity contribution is -0.139. The summed E-state index contributed by atoms with van der Waals surface area (Å²) in [5.41, 5.74) is 1.02. The van der Waals surface area contributed by atoms with Gasteiger partial charge in [-0.25, -0.2) is 0 Å². The van der Waals surface area contributed by atoms with Gasteiger partial charge in [-0.3, -0.25) is 9.59 Å². The number of fused-ring (bicyclic) bond motifs is 1. The van der Waals surface area contributed by atoms with Crippen LogP contribution in [-0.4, -0.2) is 55.1 Å². The lowest BCUT2D eigenvalue weighted by atomic mass is 10.1. The Morgan fingerprint density at radius 2 is 1.78 bits per heavy atom. The number of carbonyl (C=O) groups excluding carboxylic acids is 2. The molecule has 0 N–H and O–H groups in total. The number of likely N-dealkylation sites (N-methyl/N-ethyl adjacent to an activating group) is 2. The summed E-state index contributed by atoms with van der Waals surface area (Å²) in [6, 6.07) is 5.69. The minimum Gasteiger partial charge on any atom is -0.454 e. The highest BCUT2D eigenvalue weighted by molar-refractivity contribution is 5.84. The van der Waals surface area contributed by atoms with Crippen molar-refractivity contribution < 1.29 is 19.1 Å². The van der Waals surface area contributed by atoms with Crippen molar-refractivity contribution in [1.29, 1.82) is 0 Å². The minimum atomic E-state index is -0.0387. The number of amides is 2. The first-order valence-corrected chi connectivity index (χ1v) is 7.95.